The van der Waals surface area contributed by atoms with Gasteiger partial charge in [-0.3, -0.25) is 0 Å². The molecule has 2 aromatic rings. The molecule has 0 atom stereocenters. The van der Waals surface area contributed by atoms with Crippen molar-refractivity contribution in [3.05, 3.63) is 41.7 Å². The van der Waals surface area contributed by atoms with Crippen LogP contribution in [0.15, 0.2) is 30.3 Å². The monoisotopic (exact) mass is 251 g/mol. The molecule has 1 aromatic carbocycles. The third-order valence-corrected chi connectivity index (χ3v) is 2.11. The second-order valence-electron chi connectivity index (χ2n) is 3.65. The van der Waals surface area contributed by atoms with Crippen molar-refractivity contribution in [2.45, 2.75) is 13.8 Å². The van der Waals surface area contributed by atoms with Gasteiger partial charge in [-0.25, -0.2) is 9.97 Å². The Morgan fingerprint density at radius 3 is 2.06 bits per heavy atom. The van der Waals surface area contributed by atoms with Gasteiger partial charge in [-0.15, -0.1) is 12.4 Å². The Morgan fingerprint density at radius 2 is 1.53 bits per heavy atom. The SMILES string of the molecule is Cc1cc(C)nc(Nc2ccc(O)cc2)n1.Cl. The van der Waals surface area contributed by atoms with E-state index in [2.05, 4.69) is 15.3 Å². The topological polar surface area (TPSA) is 58.0 Å². The molecule has 1 heterocycles. The van der Waals surface area contributed by atoms with Gasteiger partial charge in [0, 0.05) is 17.1 Å². The number of nitrogens with one attached hydrogen (secondary N) is 1. The maximum absolute atomic E-state index is 9.15. The molecule has 0 amide bonds. The number of nitrogens with zero attached hydrogens (tertiary/aromatic N) is 2. The minimum absolute atomic E-state index is 0. The molecule has 0 aliphatic heterocycles. The lowest BCUT2D eigenvalue weighted by atomic mass is 10.3. The normalized spacial score (nSPS) is 9.53. The highest BCUT2D eigenvalue weighted by atomic mass is 35.5. The van der Waals surface area contributed by atoms with E-state index in [1.54, 1.807) is 24.3 Å². The summed E-state index contributed by atoms with van der Waals surface area (Å²) in [7, 11) is 0. The summed E-state index contributed by atoms with van der Waals surface area (Å²) >= 11 is 0. The van der Waals surface area contributed by atoms with Gasteiger partial charge in [0.15, 0.2) is 0 Å². The van der Waals surface area contributed by atoms with Crippen LogP contribution in [-0.2, 0) is 0 Å². The number of hydrogen-bond acceptors (Lipinski definition) is 4. The summed E-state index contributed by atoms with van der Waals surface area (Å²) in [5.74, 6) is 0.815. The average Bonchev–Trinajstić information content (AvgIpc) is 2.20. The van der Waals surface area contributed by atoms with Gasteiger partial charge < -0.3 is 10.4 Å². The number of rotatable bonds is 2. The third kappa shape index (κ3) is 3.60. The minimum Gasteiger partial charge on any atom is -0.508 e. The minimum atomic E-state index is 0. The Kier molecular flexibility index (Phi) is 4.29. The Balaban J connectivity index is 0.00000144. The lowest BCUT2D eigenvalue weighted by Crippen LogP contribution is -1.99. The fourth-order valence-corrected chi connectivity index (χ4v) is 1.46. The molecule has 90 valence electrons. The van der Waals surface area contributed by atoms with E-state index < -0.39 is 0 Å². The first-order valence-electron chi connectivity index (χ1n) is 5.02. The summed E-state index contributed by atoms with van der Waals surface area (Å²) in [6.07, 6.45) is 0. The van der Waals surface area contributed by atoms with E-state index in [1.807, 2.05) is 19.9 Å². The van der Waals surface area contributed by atoms with Gasteiger partial charge in [0.25, 0.3) is 0 Å². The molecule has 17 heavy (non-hydrogen) atoms. The van der Waals surface area contributed by atoms with Gasteiger partial charge in [-0.05, 0) is 44.2 Å². The van der Waals surface area contributed by atoms with E-state index in [1.165, 1.54) is 0 Å². The van der Waals surface area contributed by atoms with Crippen LogP contribution in [0.5, 0.6) is 5.75 Å². The van der Waals surface area contributed by atoms with Gasteiger partial charge in [-0.2, -0.15) is 0 Å². The zero-order valence-electron chi connectivity index (χ0n) is 9.64. The zero-order valence-corrected chi connectivity index (χ0v) is 10.5. The van der Waals surface area contributed by atoms with E-state index >= 15 is 0 Å². The number of aromatic nitrogens is 2. The predicted octanol–water partition coefficient (Wildman–Crippen LogP) is 2.96. The van der Waals surface area contributed by atoms with Crippen molar-refractivity contribution in [2.75, 3.05) is 5.32 Å². The molecule has 0 radical (unpaired) electrons. The van der Waals surface area contributed by atoms with Crippen molar-refractivity contribution in [3.8, 4) is 5.75 Å². The number of hydrogen-bond donors (Lipinski definition) is 2. The Labute approximate surface area is 106 Å². The summed E-state index contributed by atoms with van der Waals surface area (Å²) in [6, 6.07) is 8.70. The van der Waals surface area contributed by atoms with E-state index in [0.29, 0.717) is 5.95 Å². The summed E-state index contributed by atoms with van der Waals surface area (Å²) in [5.41, 5.74) is 2.70. The van der Waals surface area contributed by atoms with Crippen LogP contribution in [-0.4, -0.2) is 15.1 Å². The molecule has 0 saturated heterocycles. The largest absolute Gasteiger partial charge is 0.508 e. The average molecular weight is 252 g/mol. The maximum Gasteiger partial charge on any atom is 0.227 e. The van der Waals surface area contributed by atoms with Crippen LogP contribution in [0.4, 0.5) is 11.6 Å². The maximum atomic E-state index is 9.15. The first kappa shape index (κ1) is 13.3. The van der Waals surface area contributed by atoms with E-state index in [-0.39, 0.29) is 18.2 Å². The van der Waals surface area contributed by atoms with Crippen LogP contribution < -0.4 is 5.32 Å². The molecule has 0 fully saturated rings. The van der Waals surface area contributed by atoms with Crippen LogP contribution in [0, 0.1) is 13.8 Å². The van der Waals surface area contributed by atoms with Crippen LogP contribution in [0.3, 0.4) is 0 Å². The molecule has 2 N–H and O–H groups in total. The van der Waals surface area contributed by atoms with Crippen molar-refractivity contribution < 1.29 is 5.11 Å². The first-order valence-corrected chi connectivity index (χ1v) is 5.02. The number of anilines is 2. The van der Waals surface area contributed by atoms with Gasteiger partial charge in [0.2, 0.25) is 5.95 Å². The Morgan fingerprint density at radius 1 is 1.00 bits per heavy atom. The molecular weight excluding hydrogens is 238 g/mol. The number of aromatic hydroxyl groups is 1. The standard InChI is InChI=1S/C12H13N3O.ClH/c1-8-7-9(2)14-12(13-8)15-10-3-5-11(16)6-4-10;/h3-7,16H,1-2H3,(H,13,14,15);1H. The molecule has 0 aliphatic rings. The third-order valence-electron chi connectivity index (χ3n) is 2.11. The van der Waals surface area contributed by atoms with Crippen molar-refractivity contribution in [2.24, 2.45) is 0 Å². The van der Waals surface area contributed by atoms with E-state index in [4.69, 9.17) is 5.11 Å². The van der Waals surface area contributed by atoms with Crippen molar-refractivity contribution in [1.82, 2.24) is 9.97 Å². The fourth-order valence-electron chi connectivity index (χ4n) is 1.46. The molecule has 0 saturated carbocycles. The summed E-state index contributed by atoms with van der Waals surface area (Å²) in [5, 5.41) is 12.2. The van der Waals surface area contributed by atoms with Gasteiger partial charge in [0.05, 0.1) is 0 Å². The molecule has 0 aliphatic carbocycles. The number of aryl methyl sites for hydroxylation is 2. The summed E-state index contributed by atoms with van der Waals surface area (Å²) in [4.78, 5) is 8.53. The van der Waals surface area contributed by atoms with Gasteiger partial charge in [0.1, 0.15) is 5.75 Å². The van der Waals surface area contributed by atoms with Gasteiger partial charge >= 0.3 is 0 Å². The quantitative estimate of drug-likeness (QED) is 0.806. The summed E-state index contributed by atoms with van der Waals surface area (Å²) < 4.78 is 0. The van der Waals surface area contributed by atoms with Crippen LogP contribution in [0.25, 0.3) is 0 Å². The second kappa shape index (κ2) is 5.50. The molecule has 0 unspecified atom stereocenters. The predicted molar refractivity (Wildman–Crippen MR) is 70.1 cm³/mol. The lowest BCUT2D eigenvalue weighted by Gasteiger charge is -2.06. The van der Waals surface area contributed by atoms with Crippen molar-refractivity contribution in [1.29, 1.82) is 0 Å². The molecule has 0 bridgehead atoms. The van der Waals surface area contributed by atoms with Crippen molar-refractivity contribution in [3.63, 3.8) is 0 Å². The highest BCUT2D eigenvalue weighted by molar-refractivity contribution is 5.85. The highest BCUT2D eigenvalue weighted by Crippen LogP contribution is 2.17. The molecule has 1 aromatic heterocycles. The molecule has 4 nitrogen and oxygen atoms in total. The molecule has 5 heteroatoms. The zero-order chi connectivity index (χ0) is 11.5. The highest BCUT2D eigenvalue weighted by Gasteiger charge is 1.99. The van der Waals surface area contributed by atoms with Crippen molar-refractivity contribution >= 4 is 24.0 Å². The van der Waals surface area contributed by atoms with Gasteiger partial charge in [-0.1, -0.05) is 0 Å². The summed E-state index contributed by atoms with van der Waals surface area (Å²) in [6.45, 7) is 3.85. The second-order valence-corrected chi connectivity index (χ2v) is 3.65. The number of benzene rings is 1. The number of halogens is 1. The fraction of sp³-hybridized carbons (Fsp3) is 0.167. The number of phenols is 1. The Bertz CT molecular complexity index is 479. The first-order chi connectivity index (χ1) is 7.63. The van der Waals surface area contributed by atoms with E-state index in [9.17, 15) is 0 Å². The smallest absolute Gasteiger partial charge is 0.227 e. The Hall–Kier alpha value is -1.81. The van der Waals surface area contributed by atoms with E-state index in [0.717, 1.165) is 17.1 Å². The lowest BCUT2D eigenvalue weighted by molar-refractivity contribution is 0.475. The van der Waals surface area contributed by atoms with Crippen LogP contribution in [0.1, 0.15) is 11.4 Å². The molecular formula is C12H14ClN3O. The molecule has 2 rings (SSSR count). The molecule has 0 spiro atoms. The van der Waals surface area contributed by atoms with Crippen LogP contribution in [0.2, 0.25) is 0 Å². The van der Waals surface area contributed by atoms with Crippen LogP contribution >= 0.6 is 12.4 Å². The number of phenolic OH excluding ortho intramolecular Hbond substituents is 1.